The normalized spacial score (nSPS) is 11.3. The smallest absolute Gasteiger partial charge is 0.254 e. The Labute approximate surface area is 201 Å². The average molecular weight is 463 g/mol. The first-order chi connectivity index (χ1) is 15.7. The third-order valence-corrected chi connectivity index (χ3v) is 6.65. The van der Waals surface area contributed by atoms with Gasteiger partial charge in [0.1, 0.15) is 6.54 Å². The lowest BCUT2D eigenvalue weighted by Crippen LogP contribution is -2.51. The van der Waals surface area contributed by atoms with Crippen LogP contribution in [0.5, 0.6) is 0 Å². The average Bonchev–Trinajstić information content (AvgIpc) is 3.21. The van der Waals surface area contributed by atoms with Crippen molar-refractivity contribution in [2.75, 3.05) is 6.54 Å². The van der Waals surface area contributed by atoms with Gasteiger partial charge in [-0.1, -0.05) is 49.4 Å². The Morgan fingerprint density at radius 2 is 1.52 bits per heavy atom. The molecule has 2 aromatic carbocycles. The standard InChI is InChI=1S/C28H34N2O2S/c1-6-22-13-15-24(16-14-22)27(32)30(28(3,4)5)20-26(31)29(18-23-10-8-7-9-11-23)19-25-17-12-21(2)33-25/h7-17H,6,18-20H2,1-5H3. The van der Waals surface area contributed by atoms with Gasteiger partial charge < -0.3 is 9.80 Å². The van der Waals surface area contributed by atoms with Gasteiger partial charge >= 0.3 is 0 Å². The van der Waals surface area contributed by atoms with Crippen molar-refractivity contribution in [2.45, 2.75) is 59.7 Å². The van der Waals surface area contributed by atoms with Crippen LogP contribution in [-0.2, 0) is 24.3 Å². The van der Waals surface area contributed by atoms with Crippen molar-refractivity contribution in [2.24, 2.45) is 0 Å². The highest BCUT2D eigenvalue weighted by molar-refractivity contribution is 7.11. The molecular weight excluding hydrogens is 428 g/mol. The van der Waals surface area contributed by atoms with Gasteiger partial charge in [0.05, 0.1) is 6.54 Å². The Morgan fingerprint density at radius 3 is 2.06 bits per heavy atom. The van der Waals surface area contributed by atoms with E-state index in [0.29, 0.717) is 18.7 Å². The summed E-state index contributed by atoms with van der Waals surface area (Å²) in [6, 6.07) is 21.8. The molecule has 0 atom stereocenters. The fraction of sp³-hybridized carbons (Fsp3) is 0.357. The van der Waals surface area contributed by atoms with Gasteiger partial charge in [-0.25, -0.2) is 0 Å². The van der Waals surface area contributed by atoms with Crippen LogP contribution in [0.4, 0.5) is 0 Å². The quantitative estimate of drug-likeness (QED) is 0.406. The molecule has 0 fully saturated rings. The third kappa shape index (κ3) is 6.78. The van der Waals surface area contributed by atoms with Crippen LogP contribution in [0.15, 0.2) is 66.7 Å². The summed E-state index contributed by atoms with van der Waals surface area (Å²) >= 11 is 1.70. The summed E-state index contributed by atoms with van der Waals surface area (Å²) in [4.78, 5) is 32.9. The van der Waals surface area contributed by atoms with Crippen LogP contribution in [0, 0.1) is 6.92 Å². The van der Waals surface area contributed by atoms with Crippen molar-refractivity contribution in [3.63, 3.8) is 0 Å². The van der Waals surface area contributed by atoms with E-state index in [1.54, 1.807) is 16.2 Å². The van der Waals surface area contributed by atoms with E-state index in [1.807, 2.05) is 80.3 Å². The van der Waals surface area contributed by atoms with Crippen molar-refractivity contribution >= 4 is 23.2 Å². The van der Waals surface area contributed by atoms with E-state index < -0.39 is 5.54 Å². The van der Waals surface area contributed by atoms with Crippen molar-refractivity contribution < 1.29 is 9.59 Å². The van der Waals surface area contributed by atoms with E-state index in [9.17, 15) is 9.59 Å². The summed E-state index contributed by atoms with van der Waals surface area (Å²) in [5.74, 6) is -0.177. The Morgan fingerprint density at radius 1 is 0.848 bits per heavy atom. The second-order valence-electron chi connectivity index (χ2n) is 9.36. The molecule has 33 heavy (non-hydrogen) atoms. The van der Waals surface area contributed by atoms with Gasteiger partial charge in [-0.2, -0.15) is 0 Å². The first-order valence-corrected chi connectivity index (χ1v) is 12.3. The SMILES string of the molecule is CCc1ccc(C(=O)N(CC(=O)N(Cc2ccccc2)Cc2ccc(C)s2)C(C)(C)C)cc1. The van der Waals surface area contributed by atoms with E-state index in [4.69, 9.17) is 0 Å². The maximum absolute atomic E-state index is 13.6. The van der Waals surface area contributed by atoms with E-state index >= 15 is 0 Å². The molecule has 0 N–H and O–H groups in total. The van der Waals surface area contributed by atoms with Crippen LogP contribution in [-0.4, -0.2) is 33.7 Å². The van der Waals surface area contributed by atoms with Crippen molar-refractivity contribution in [3.8, 4) is 0 Å². The molecule has 3 rings (SSSR count). The fourth-order valence-corrected chi connectivity index (χ4v) is 4.59. The molecule has 0 aliphatic heterocycles. The van der Waals surface area contributed by atoms with Crippen LogP contribution < -0.4 is 0 Å². The fourth-order valence-electron chi connectivity index (χ4n) is 3.68. The first kappa shape index (κ1) is 24.7. The van der Waals surface area contributed by atoms with E-state index in [-0.39, 0.29) is 18.4 Å². The lowest BCUT2D eigenvalue weighted by Gasteiger charge is -2.37. The number of benzene rings is 2. The number of aryl methyl sites for hydroxylation is 2. The van der Waals surface area contributed by atoms with Gasteiger partial charge in [0.15, 0.2) is 0 Å². The number of nitrogens with zero attached hydrogens (tertiary/aromatic N) is 2. The first-order valence-electron chi connectivity index (χ1n) is 11.5. The minimum atomic E-state index is -0.492. The molecule has 0 saturated heterocycles. The minimum absolute atomic E-state index is 0.0368. The van der Waals surface area contributed by atoms with Crippen LogP contribution in [0.1, 0.15) is 58.9 Å². The molecule has 1 heterocycles. The predicted octanol–water partition coefficient (Wildman–Crippen LogP) is 6.09. The van der Waals surface area contributed by atoms with Crippen LogP contribution in [0.3, 0.4) is 0 Å². The summed E-state index contributed by atoms with van der Waals surface area (Å²) in [6.45, 7) is 11.2. The number of amides is 2. The van der Waals surface area contributed by atoms with Gasteiger partial charge in [0.2, 0.25) is 5.91 Å². The zero-order chi connectivity index (χ0) is 24.0. The number of carbonyl (C=O) groups excluding carboxylic acids is 2. The topological polar surface area (TPSA) is 40.6 Å². The van der Waals surface area contributed by atoms with Crippen LogP contribution in [0.25, 0.3) is 0 Å². The Bertz CT molecular complexity index is 1070. The largest absolute Gasteiger partial charge is 0.332 e. The zero-order valence-corrected chi connectivity index (χ0v) is 21.1. The van der Waals surface area contributed by atoms with Gasteiger partial charge in [-0.3, -0.25) is 9.59 Å². The van der Waals surface area contributed by atoms with Crippen molar-refractivity contribution in [3.05, 3.63) is 93.2 Å². The van der Waals surface area contributed by atoms with Crippen molar-refractivity contribution in [1.82, 2.24) is 9.80 Å². The summed E-state index contributed by atoms with van der Waals surface area (Å²) in [5.41, 5.74) is 2.38. The molecule has 0 aliphatic rings. The number of carbonyl (C=O) groups is 2. The molecular formula is C28H34N2O2S. The highest BCUT2D eigenvalue weighted by Gasteiger charge is 2.31. The summed E-state index contributed by atoms with van der Waals surface area (Å²) in [5, 5.41) is 0. The lowest BCUT2D eigenvalue weighted by molar-refractivity contribution is -0.134. The van der Waals surface area contributed by atoms with E-state index in [2.05, 4.69) is 26.0 Å². The summed E-state index contributed by atoms with van der Waals surface area (Å²) in [6.07, 6.45) is 0.923. The molecule has 174 valence electrons. The van der Waals surface area contributed by atoms with Gasteiger partial charge in [-0.15, -0.1) is 11.3 Å². The molecule has 3 aromatic rings. The molecule has 0 aliphatic carbocycles. The van der Waals surface area contributed by atoms with Gasteiger partial charge in [0, 0.05) is 27.4 Å². The third-order valence-electron chi connectivity index (χ3n) is 5.67. The number of thiophene rings is 1. The minimum Gasteiger partial charge on any atom is -0.332 e. The number of rotatable bonds is 8. The summed E-state index contributed by atoms with van der Waals surface area (Å²) in [7, 11) is 0. The molecule has 0 bridgehead atoms. The van der Waals surface area contributed by atoms with Gasteiger partial charge in [-0.05, 0) is 69.5 Å². The molecule has 0 saturated carbocycles. The Hall–Kier alpha value is -2.92. The van der Waals surface area contributed by atoms with Crippen LogP contribution >= 0.6 is 11.3 Å². The second-order valence-corrected chi connectivity index (χ2v) is 10.7. The Kier molecular flexibility index (Phi) is 8.09. The van der Waals surface area contributed by atoms with Crippen LogP contribution in [0.2, 0.25) is 0 Å². The summed E-state index contributed by atoms with van der Waals surface area (Å²) < 4.78 is 0. The monoisotopic (exact) mass is 462 g/mol. The molecule has 0 unspecified atom stereocenters. The molecule has 0 spiro atoms. The Balaban J connectivity index is 1.84. The lowest BCUT2D eigenvalue weighted by atomic mass is 10.0. The molecule has 0 radical (unpaired) electrons. The highest BCUT2D eigenvalue weighted by Crippen LogP contribution is 2.22. The molecule has 5 heteroatoms. The van der Waals surface area contributed by atoms with Crippen molar-refractivity contribution in [1.29, 1.82) is 0 Å². The van der Waals surface area contributed by atoms with E-state index in [1.165, 1.54) is 10.4 Å². The second kappa shape index (κ2) is 10.8. The number of hydrogen-bond acceptors (Lipinski definition) is 3. The molecule has 2 amide bonds. The zero-order valence-electron chi connectivity index (χ0n) is 20.3. The van der Waals surface area contributed by atoms with Gasteiger partial charge in [0.25, 0.3) is 5.91 Å². The maximum atomic E-state index is 13.6. The molecule has 4 nitrogen and oxygen atoms in total. The predicted molar refractivity (Wildman–Crippen MR) is 136 cm³/mol. The van der Waals surface area contributed by atoms with E-state index in [0.717, 1.165) is 16.9 Å². The highest BCUT2D eigenvalue weighted by atomic mass is 32.1. The maximum Gasteiger partial charge on any atom is 0.254 e. The molecule has 1 aromatic heterocycles. The number of hydrogen-bond donors (Lipinski definition) is 0.